The van der Waals surface area contributed by atoms with Crippen LogP contribution in [0, 0.1) is 11.8 Å². The number of thiophene rings is 1. The summed E-state index contributed by atoms with van der Waals surface area (Å²) in [6.45, 7) is 5.65. The van der Waals surface area contributed by atoms with E-state index in [0.717, 1.165) is 18.4 Å². The van der Waals surface area contributed by atoms with Gasteiger partial charge in [-0.1, -0.05) is 38.8 Å². The first-order valence-electron chi connectivity index (χ1n) is 6.90. The molecule has 1 aromatic rings. The lowest BCUT2D eigenvalue weighted by Crippen LogP contribution is -2.34. The van der Waals surface area contributed by atoms with E-state index in [1.54, 1.807) is 0 Å². The SMILES string of the molecule is CC(C)C[SiH](OCC1CCCC1)c1cccs1. The maximum atomic E-state index is 6.33. The Hall–Kier alpha value is -0.123. The first-order valence-corrected chi connectivity index (χ1v) is 9.65. The van der Waals surface area contributed by atoms with Crippen molar-refractivity contribution in [3.63, 3.8) is 0 Å². The van der Waals surface area contributed by atoms with Gasteiger partial charge in [0.25, 0.3) is 0 Å². The van der Waals surface area contributed by atoms with Crippen molar-refractivity contribution >= 4 is 24.9 Å². The zero-order chi connectivity index (χ0) is 12.1. The predicted octanol–water partition coefficient (Wildman–Crippen LogP) is 3.54. The fraction of sp³-hybridized carbons (Fsp3) is 0.714. The average molecular weight is 268 g/mol. The van der Waals surface area contributed by atoms with Crippen LogP contribution in [0.15, 0.2) is 17.5 Å². The Morgan fingerprint density at radius 1 is 1.41 bits per heavy atom. The summed E-state index contributed by atoms with van der Waals surface area (Å²) in [5.41, 5.74) is 0. The Morgan fingerprint density at radius 2 is 2.18 bits per heavy atom. The van der Waals surface area contributed by atoms with E-state index in [0.29, 0.717) is 0 Å². The average Bonchev–Trinajstić information content (AvgIpc) is 2.96. The van der Waals surface area contributed by atoms with Crippen LogP contribution in [0.5, 0.6) is 0 Å². The van der Waals surface area contributed by atoms with E-state index in [1.807, 2.05) is 11.3 Å². The number of rotatable bonds is 6. The molecule has 1 saturated carbocycles. The third-order valence-corrected chi connectivity index (χ3v) is 8.25. The molecule has 0 aromatic carbocycles. The molecule has 1 aliphatic rings. The van der Waals surface area contributed by atoms with Gasteiger partial charge in [-0.15, -0.1) is 0 Å². The molecule has 96 valence electrons. The molecule has 0 N–H and O–H groups in total. The second-order valence-electron chi connectivity index (χ2n) is 5.62. The van der Waals surface area contributed by atoms with E-state index in [9.17, 15) is 0 Å². The van der Waals surface area contributed by atoms with Crippen LogP contribution in [0.25, 0.3) is 0 Å². The largest absolute Gasteiger partial charge is 0.414 e. The molecule has 1 nitrogen and oxygen atoms in total. The van der Waals surface area contributed by atoms with Gasteiger partial charge < -0.3 is 4.43 Å². The highest BCUT2D eigenvalue weighted by Gasteiger charge is 2.21. The van der Waals surface area contributed by atoms with E-state index in [2.05, 4.69) is 31.4 Å². The van der Waals surface area contributed by atoms with Crippen LogP contribution >= 0.6 is 11.3 Å². The van der Waals surface area contributed by atoms with E-state index < -0.39 is 9.04 Å². The third kappa shape index (κ3) is 4.23. The van der Waals surface area contributed by atoms with Gasteiger partial charge in [-0.2, -0.15) is 11.3 Å². The quantitative estimate of drug-likeness (QED) is 0.717. The Kier molecular flexibility index (Phi) is 5.26. The van der Waals surface area contributed by atoms with Gasteiger partial charge in [-0.05, 0) is 36.1 Å². The lowest BCUT2D eigenvalue weighted by Gasteiger charge is -2.19. The molecule has 2 rings (SSSR count). The summed E-state index contributed by atoms with van der Waals surface area (Å²) < 4.78 is 7.87. The van der Waals surface area contributed by atoms with Gasteiger partial charge in [-0.25, -0.2) is 0 Å². The molecular weight excluding hydrogens is 244 g/mol. The van der Waals surface area contributed by atoms with Crippen molar-refractivity contribution < 1.29 is 4.43 Å². The van der Waals surface area contributed by atoms with Crippen LogP contribution in [-0.2, 0) is 4.43 Å². The fourth-order valence-corrected chi connectivity index (χ4v) is 6.62. The van der Waals surface area contributed by atoms with Crippen molar-refractivity contribution in [1.82, 2.24) is 0 Å². The van der Waals surface area contributed by atoms with Gasteiger partial charge >= 0.3 is 0 Å². The van der Waals surface area contributed by atoms with Crippen LogP contribution in [0.2, 0.25) is 6.04 Å². The topological polar surface area (TPSA) is 9.23 Å². The van der Waals surface area contributed by atoms with Crippen molar-refractivity contribution in [3.8, 4) is 0 Å². The molecule has 1 heterocycles. The van der Waals surface area contributed by atoms with E-state index >= 15 is 0 Å². The van der Waals surface area contributed by atoms with E-state index in [4.69, 9.17) is 4.43 Å². The first kappa shape index (κ1) is 13.3. The second kappa shape index (κ2) is 6.71. The van der Waals surface area contributed by atoms with Gasteiger partial charge in [0.05, 0.1) is 0 Å². The van der Waals surface area contributed by atoms with Crippen molar-refractivity contribution in [2.45, 2.75) is 45.6 Å². The summed E-state index contributed by atoms with van der Waals surface area (Å²) in [6.07, 6.45) is 5.63. The molecule has 0 amide bonds. The summed E-state index contributed by atoms with van der Waals surface area (Å²) in [5, 5.41) is 2.19. The highest BCUT2D eigenvalue weighted by Crippen LogP contribution is 2.25. The second-order valence-corrected chi connectivity index (χ2v) is 9.42. The summed E-state index contributed by atoms with van der Waals surface area (Å²) in [6, 6.07) is 5.73. The maximum absolute atomic E-state index is 6.33. The van der Waals surface area contributed by atoms with Crippen molar-refractivity contribution in [2.75, 3.05) is 6.61 Å². The molecule has 1 unspecified atom stereocenters. The minimum atomic E-state index is -1.14. The number of hydrogen-bond acceptors (Lipinski definition) is 2. The summed E-state index contributed by atoms with van der Waals surface area (Å²) >= 11 is 1.89. The zero-order valence-corrected chi connectivity index (χ0v) is 13.0. The van der Waals surface area contributed by atoms with Gasteiger partial charge in [0.1, 0.15) is 0 Å². The Balaban J connectivity index is 1.86. The highest BCUT2D eigenvalue weighted by atomic mass is 32.1. The monoisotopic (exact) mass is 268 g/mol. The van der Waals surface area contributed by atoms with Crippen molar-refractivity contribution in [3.05, 3.63) is 17.5 Å². The molecule has 0 spiro atoms. The van der Waals surface area contributed by atoms with Gasteiger partial charge in [0.2, 0.25) is 9.04 Å². The van der Waals surface area contributed by atoms with Crippen molar-refractivity contribution in [2.24, 2.45) is 11.8 Å². The summed E-state index contributed by atoms with van der Waals surface area (Å²) in [4.78, 5) is 0. The maximum Gasteiger partial charge on any atom is 0.218 e. The molecule has 1 aliphatic carbocycles. The molecule has 0 saturated heterocycles. The van der Waals surface area contributed by atoms with E-state index in [1.165, 1.54) is 36.2 Å². The molecule has 3 heteroatoms. The predicted molar refractivity (Wildman–Crippen MR) is 78.7 cm³/mol. The first-order chi connectivity index (χ1) is 8.25. The minimum absolute atomic E-state index is 0.761. The van der Waals surface area contributed by atoms with Crippen LogP contribution in [0.1, 0.15) is 39.5 Å². The van der Waals surface area contributed by atoms with Crippen LogP contribution in [0.4, 0.5) is 0 Å². The molecule has 0 aliphatic heterocycles. The van der Waals surface area contributed by atoms with Crippen molar-refractivity contribution in [1.29, 1.82) is 0 Å². The Labute approximate surface area is 111 Å². The third-order valence-electron chi connectivity index (χ3n) is 3.55. The number of hydrogen-bond donors (Lipinski definition) is 0. The van der Waals surface area contributed by atoms with E-state index in [-0.39, 0.29) is 0 Å². The molecule has 1 aromatic heterocycles. The van der Waals surface area contributed by atoms with Crippen LogP contribution in [-0.4, -0.2) is 15.6 Å². The molecule has 0 bridgehead atoms. The van der Waals surface area contributed by atoms with Gasteiger partial charge in [-0.3, -0.25) is 0 Å². The molecule has 0 radical (unpaired) electrons. The van der Waals surface area contributed by atoms with Gasteiger partial charge in [0.15, 0.2) is 0 Å². The zero-order valence-electron chi connectivity index (χ0n) is 11.0. The highest BCUT2D eigenvalue weighted by molar-refractivity contribution is 7.21. The molecule has 17 heavy (non-hydrogen) atoms. The van der Waals surface area contributed by atoms with Gasteiger partial charge in [0, 0.05) is 11.1 Å². The standard InChI is InChI=1S/C14H24OSSi/c1-12(2)11-17(14-8-5-9-16-14)15-10-13-6-3-4-7-13/h5,8-9,12-13,17H,3-4,6-7,10-11H2,1-2H3. The van der Waals surface area contributed by atoms with Crippen LogP contribution < -0.4 is 4.50 Å². The normalized spacial score (nSPS) is 19.0. The lowest BCUT2D eigenvalue weighted by atomic mass is 10.1. The van der Waals surface area contributed by atoms with Crippen LogP contribution in [0.3, 0.4) is 0 Å². The molecule has 1 atom stereocenters. The Bertz CT molecular complexity index is 304. The molecule has 1 fully saturated rings. The smallest absolute Gasteiger partial charge is 0.218 e. The Morgan fingerprint density at radius 3 is 2.76 bits per heavy atom. The lowest BCUT2D eigenvalue weighted by molar-refractivity contribution is 0.255. The summed E-state index contributed by atoms with van der Waals surface area (Å²) in [5.74, 6) is 1.62. The molecular formula is C14H24OSSi. The minimum Gasteiger partial charge on any atom is -0.414 e. The fourth-order valence-electron chi connectivity index (χ4n) is 2.60. The summed E-state index contributed by atoms with van der Waals surface area (Å²) in [7, 11) is -1.14.